The van der Waals surface area contributed by atoms with E-state index >= 15 is 0 Å². The molecule has 0 amide bonds. The van der Waals surface area contributed by atoms with Gasteiger partial charge in [-0.1, -0.05) is 0 Å². The van der Waals surface area contributed by atoms with Crippen LogP contribution in [0, 0.1) is 0 Å². The van der Waals surface area contributed by atoms with Crippen LogP contribution in [0.3, 0.4) is 0 Å². The lowest BCUT2D eigenvalue weighted by Gasteiger charge is -2.13. The molecule has 136 valence electrons. The van der Waals surface area contributed by atoms with Gasteiger partial charge in [0.05, 0.1) is 34.0 Å². The van der Waals surface area contributed by atoms with E-state index in [0.717, 1.165) is 5.69 Å². The number of hydrogen-bond donors (Lipinski definition) is 2. The van der Waals surface area contributed by atoms with Gasteiger partial charge in [-0.2, -0.15) is 4.98 Å². The van der Waals surface area contributed by atoms with Crippen LogP contribution in [-0.4, -0.2) is 38.4 Å². The van der Waals surface area contributed by atoms with E-state index in [2.05, 4.69) is 15.3 Å². The smallest absolute Gasteiger partial charge is 0.229 e. The third-order valence-electron chi connectivity index (χ3n) is 3.87. The Morgan fingerprint density at radius 1 is 0.769 bits per heavy atom. The maximum absolute atomic E-state index is 6.10. The molecule has 1 aromatic heterocycles. The van der Waals surface area contributed by atoms with Gasteiger partial charge in [-0.15, -0.1) is 0 Å². The van der Waals surface area contributed by atoms with E-state index in [4.69, 9.17) is 24.7 Å². The highest BCUT2D eigenvalue weighted by Gasteiger charge is 2.12. The number of benzene rings is 2. The van der Waals surface area contributed by atoms with Gasteiger partial charge in [0.15, 0.2) is 23.0 Å². The standard InChI is InChI=1S/C18H20N4O4/c1-23-13-6-5-10(7-14(13)24-2)20-18-21-12-9-16(26-4)15(25-3)8-11(12)17(19)22-18/h5-9H,1-4H3,(H3,19,20,21,22). The summed E-state index contributed by atoms with van der Waals surface area (Å²) in [7, 11) is 6.29. The van der Waals surface area contributed by atoms with E-state index in [0.29, 0.717) is 45.7 Å². The summed E-state index contributed by atoms with van der Waals surface area (Å²) >= 11 is 0. The fraction of sp³-hybridized carbons (Fsp3) is 0.222. The molecular weight excluding hydrogens is 336 g/mol. The van der Waals surface area contributed by atoms with Crippen molar-refractivity contribution in [1.29, 1.82) is 0 Å². The minimum Gasteiger partial charge on any atom is -0.493 e. The number of fused-ring (bicyclic) bond motifs is 1. The normalized spacial score (nSPS) is 10.5. The summed E-state index contributed by atoms with van der Waals surface area (Å²) in [6.07, 6.45) is 0. The average molecular weight is 356 g/mol. The van der Waals surface area contributed by atoms with Crippen LogP contribution in [0.1, 0.15) is 0 Å². The van der Waals surface area contributed by atoms with Gasteiger partial charge in [0.2, 0.25) is 5.95 Å². The SMILES string of the molecule is COc1ccc(Nc2nc(N)c3cc(OC)c(OC)cc3n2)cc1OC. The van der Waals surface area contributed by atoms with E-state index in [1.807, 2.05) is 6.07 Å². The first-order valence-electron chi connectivity index (χ1n) is 7.78. The Balaban J connectivity index is 2.01. The Kier molecular flexibility index (Phi) is 4.83. The van der Waals surface area contributed by atoms with E-state index in [-0.39, 0.29) is 0 Å². The number of nitrogens with two attached hydrogens (primary N) is 1. The van der Waals surface area contributed by atoms with Crippen LogP contribution in [0.2, 0.25) is 0 Å². The molecular formula is C18H20N4O4. The highest BCUT2D eigenvalue weighted by atomic mass is 16.5. The number of anilines is 3. The van der Waals surface area contributed by atoms with Crippen LogP contribution in [0.4, 0.5) is 17.5 Å². The summed E-state index contributed by atoms with van der Waals surface area (Å²) in [6.45, 7) is 0. The first-order valence-corrected chi connectivity index (χ1v) is 7.78. The van der Waals surface area contributed by atoms with Gasteiger partial charge < -0.3 is 30.0 Å². The zero-order valence-corrected chi connectivity index (χ0v) is 15.0. The summed E-state index contributed by atoms with van der Waals surface area (Å²) < 4.78 is 21.2. The van der Waals surface area contributed by atoms with Crippen molar-refractivity contribution in [2.24, 2.45) is 0 Å². The van der Waals surface area contributed by atoms with Crippen molar-refractivity contribution in [2.45, 2.75) is 0 Å². The second-order valence-electron chi connectivity index (χ2n) is 5.35. The Morgan fingerprint density at radius 2 is 1.38 bits per heavy atom. The van der Waals surface area contributed by atoms with Crippen LogP contribution in [0.5, 0.6) is 23.0 Å². The first-order chi connectivity index (χ1) is 12.6. The molecule has 0 aliphatic heterocycles. The Labute approximate surface area is 150 Å². The van der Waals surface area contributed by atoms with Crippen molar-refractivity contribution in [2.75, 3.05) is 39.5 Å². The number of ether oxygens (including phenoxy) is 4. The predicted molar refractivity (Wildman–Crippen MR) is 99.9 cm³/mol. The van der Waals surface area contributed by atoms with Crippen LogP contribution in [0.25, 0.3) is 10.9 Å². The second kappa shape index (κ2) is 7.22. The van der Waals surface area contributed by atoms with Gasteiger partial charge in [0, 0.05) is 23.2 Å². The molecule has 0 unspecified atom stereocenters. The first kappa shape index (κ1) is 17.4. The number of rotatable bonds is 6. The zero-order chi connectivity index (χ0) is 18.7. The van der Waals surface area contributed by atoms with Gasteiger partial charge in [0.25, 0.3) is 0 Å². The quantitative estimate of drug-likeness (QED) is 0.695. The Morgan fingerprint density at radius 3 is 2.04 bits per heavy atom. The molecule has 0 radical (unpaired) electrons. The Bertz CT molecular complexity index is 946. The predicted octanol–water partition coefficient (Wildman–Crippen LogP) is 2.99. The number of nitrogens with one attached hydrogen (secondary N) is 1. The number of aromatic nitrogens is 2. The molecule has 2 aromatic carbocycles. The molecule has 8 nitrogen and oxygen atoms in total. The van der Waals surface area contributed by atoms with E-state index < -0.39 is 0 Å². The molecule has 3 N–H and O–H groups in total. The summed E-state index contributed by atoms with van der Waals surface area (Å²) in [4.78, 5) is 8.82. The summed E-state index contributed by atoms with van der Waals surface area (Å²) in [5.41, 5.74) is 7.47. The maximum atomic E-state index is 6.10. The third-order valence-corrected chi connectivity index (χ3v) is 3.87. The summed E-state index contributed by atoms with van der Waals surface area (Å²) in [5, 5.41) is 3.80. The van der Waals surface area contributed by atoms with Gasteiger partial charge >= 0.3 is 0 Å². The van der Waals surface area contributed by atoms with Crippen molar-refractivity contribution >= 4 is 28.4 Å². The molecule has 0 aliphatic rings. The highest BCUT2D eigenvalue weighted by molar-refractivity contribution is 5.92. The lowest BCUT2D eigenvalue weighted by Crippen LogP contribution is -2.03. The summed E-state index contributed by atoms with van der Waals surface area (Å²) in [6, 6.07) is 8.92. The average Bonchev–Trinajstić information content (AvgIpc) is 2.66. The second-order valence-corrected chi connectivity index (χ2v) is 5.35. The third kappa shape index (κ3) is 3.21. The molecule has 0 saturated heterocycles. The van der Waals surface area contributed by atoms with Crippen LogP contribution in [0.15, 0.2) is 30.3 Å². The van der Waals surface area contributed by atoms with E-state index in [1.165, 1.54) is 0 Å². The lowest BCUT2D eigenvalue weighted by atomic mass is 10.2. The molecule has 3 rings (SSSR count). The lowest BCUT2D eigenvalue weighted by molar-refractivity contribution is 0.355. The number of nitrogen functional groups attached to an aromatic ring is 1. The van der Waals surface area contributed by atoms with Crippen LogP contribution < -0.4 is 30.0 Å². The fourth-order valence-electron chi connectivity index (χ4n) is 2.58. The van der Waals surface area contributed by atoms with Gasteiger partial charge in [-0.3, -0.25) is 0 Å². The molecule has 0 fully saturated rings. The molecule has 1 heterocycles. The molecule has 0 bridgehead atoms. The highest BCUT2D eigenvalue weighted by Crippen LogP contribution is 2.35. The molecule has 0 spiro atoms. The maximum Gasteiger partial charge on any atom is 0.229 e. The van der Waals surface area contributed by atoms with Gasteiger partial charge in [-0.25, -0.2) is 4.98 Å². The van der Waals surface area contributed by atoms with Crippen LogP contribution in [-0.2, 0) is 0 Å². The molecule has 3 aromatic rings. The molecule has 0 atom stereocenters. The minimum absolute atomic E-state index is 0.332. The van der Waals surface area contributed by atoms with Crippen molar-refractivity contribution < 1.29 is 18.9 Å². The topological polar surface area (TPSA) is 101 Å². The van der Waals surface area contributed by atoms with Gasteiger partial charge in [-0.05, 0) is 18.2 Å². The summed E-state index contributed by atoms with van der Waals surface area (Å²) in [5.74, 6) is 3.05. The van der Waals surface area contributed by atoms with E-state index in [1.54, 1.807) is 52.7 Å². The number of hydrogen-bond acceptors (Lipinski definition) is 8. The fourth-order valence-corrected chi connectivity index (χ4v) is 2.58. The monoisotopic (exact) mass is 356 g/mol. The zero-order valence-electron chi connectivity index (χ0n) is 15.0. The molecule has 8 heteroatoms. The minimum atomic E-state index is 0.332. The van der Waals surface area contributed by atoms with E-state index in [9.17, 15) is 0 Å². The van der Waals surface area contributed by atoms with Crippen molar-refractivity contribution in [3.63, 3.8) is 0 Å². The number of methoxy groups -OCH3 is 4. The van der Waals surface area contributed by atoms with Gasteiger partial charge in [0.1, 0.15) is 5.82 Å². The molecule has 26 heavy (non-hydrogen) atoms. The largest absolute Gasteiger partial charge is 0.493 e. The number of nitrogens with zero attached hydrogens (tertiary/aromatic N) is 2. The van der Waals surface area contributed by atoms with Crippen molar-refractivity contribution in [3.05, 3.63) is 30.3 Å². The Hall–Kier alpha value is -3.42. The van der Waals surface area contributed by atoms with Crippen molar-refractivity contribution in [1.82, 2.24) is 9.97 Å². The molecule has 0 aliphatic carbocycles. The molecule has 0 saturated carbocycles. The van der Waals surface area contributed by atoms with Crippen LogP contribution >= 0.6 is 0 Å². The van der Waals surface area contributed by atoms with Crippen molar-refractivity contribution in [3.8, 4) is 23.0 Å².